The number of aryl methyl sites for hydroxylation is 2. The number of pyridine rings is 1. The zero-order valence-corrected chi connectivity index (χ0v) is 12.2. The minimum absolute atomic E-state index is 0.189. The van der Waals surface area contributed by atoms with Crippen LogP contribution in [0.2, 0.25) is 5.02 Å². The Morgan fingerprint density at radius 3 is 2.81 bits per heavy atom. The summed E-state index contributed by atoms with van der Waals surface area (Å²) in [6.07, 6.45) is 2.01. The van der Waals surface area contributed by atoms with E-state index in [1.54, 1.807) is 12.1 Å². The number of fused-ring (bicyclic) bond motifs is 1. The van der Waals surface area contributed by atoms with Crippen LogP contribution in [0.15, 0.2) is 18.3 Å². The van der Waals surface area contributed by atoms with E-state index in [1.165, 1.54) is 4.40 Å². The summed E-state index contributed by atoms with van der Waals surface area (Å²) in [6.45, 7) is 0. The zero-order chi connectivity index (χ0) is 15.0. The van der Waals surface area contributed by atoms with Gasteiger partial charge in [0, 0.05) is 12.1 Å². The lowest BCUT2D eigenvalue weighted by atomic mass is 10.2. The molecule has 0 aliphatic carbocycles. The van der Waals surface area contributed by atoms with Crippen LogP contribution in [-0.4, -0.2) is 39.8 Å². The largest absolute Gasteiger partial charge is 0.374 e. The monoisotopic (exact) mass is 328 g/mol. The third-order valence-corrected chi connectivity index (χ3v) is 4.24. The molecule has 110 valence electrons. The first kappa shape index (κ1) is 14.2. The fraction of sp³-hybridized carbons (Fsp3) is 0.200. The van der Waals surface area contributed by atoms with Gasteiger partial charge in [-0.25, -0.2) is 10.1 Å². The van der Waals surface area contributed by atoms with Crippen molar-refractivity contribution in [3.05, 3.63) is 34.9 Å². The maximum atomic E-state index is 11.6. The summed E-state index contributed by atoms with van der Waals surface area (Å²) in [5, 5.41) is 13.7. The highest BCUT2D eigenvalue weighted by Gasteiger charge is 2.24. The molecular weight excluding hydrogens is 319 g/mol. The smallest absolute Gasteiger partial charge is 0.320 e. The van der Waals surface area contributed by atoms with E-state index in [0.29, 0.717) is 35.0 Å². The quantitative estimate of drug-likeness (QED) is 0.579. The van der Waals surface area contributed by atoms with E-state index in [1.807, 2.05) is 0 Å². The van der Waals surface area contributed by atoms with E-state index in [4.69, 9.17) is 11.6 Å². The van der Waals surface area contributed by atoms with Gasteiger partial charge >= 0.3 is 7.60 Å². The molecule has 0 aromatic carbocycles. The lowest BCUT2D eigenvalue weighted by molar-refractivity contribution is 0.386. The summed E-state index contributed by atoms with van der Waals surface area (Å²) >= 11 is 6.16. The molecule has 0 saturated heterocycles. The summed E-state index contributed by atoms with van der Waals surface area (Å²) in [7, 11) is -4.45. The Labute approximate surface area is 123 Å². The van der Waals surface area contributed by atoms with Crippen molar-refractivity contribution in [1.29, 1.82) is 0 Å². The van der Waals surface area contributed by atoms with Crippen molar-refractivity contribution in [3.63, 3.8) is 0 Å². The van der Waals surface area contributed by atoms with Gasteiger partial charge in [-0.2, -0.15) is 0 Å². The van der Waals surface area contributed by atoms with Crippen LogP contribution in [0, 0.1) is 0 Å². The standard InChI is InChI=1S/C10H10ClN6O3P/c11-6-1-4-9-12-5-10(21(18,19)20)17(9)7(6)2-3-8-13-15-16-14-8/h1,4-5H,2-3H2,(H2,18,19,20)(H,13,14,15,16). The van der Waals surface area contributed by atoms with Gasteiger partial charge in [0.1, 0.15) is 11.5 Å². The molecule has 0 bridgehead atoms. The lowest BCUT2D eigenvalue weighted by Crippen LogP contribution is -2.15. The summed E-state index contributed by atoms with van der Waals surface area (Å²) in [5.41, 5.74) is 0.774. The number of halogens is 1. The van der Waals surface area contributed by atoms with Crippen molar-refractivity contribution in [2.45, 2.75) is 12.8 Å². The Morgan fingerprint density at radius 2 is 2.14 bits per heavy atom. The Hall–Kier alpha value is -1.80. The summed E-state index contributed by atoms with van der Waals surface area (Å²) < 4.78 is 12.9. The van der Waals surface area contributed by atoms with Gasteiger partial charge in [-0.3, -0.25) is 8.97 Å². The second-order valence-electron chi connectivity index (χ2n) is 4.33. The Bertz CT molecular complexity index is 827. The fourth-order valence-electron chi connectivity index (χ4n) is 2.06. The molecule has 3 aromatic heterocycles. The van der Waals surface area contributed by atoms with Crippen molar-refractivity contribution >= 4 is 30.3 Å². The predicted molar refractivity (Wildman–Crippen MR) is 73.5 cm³/mol. The minimum Gasteiger partial charge on any atom is -0.320 e. The number of aromatic amines is 1. The molecule has 0 amide bonds. The number of nitrogens with zero attached hydrogens (tertiary/aromatic N) is 5. The first-order valence-electron chi connectivity index (χ1n) is 5.90. The highest BCUT2D eigenvalue weighted by Crippen LogP contribution is 2.34. The molecule has 3 heterocycles. The Morgan fingerprint density at radius 1 is 1.33 bits per heavy atom. The molecule has 0 saturated carbocycles. The van der Waals surface area contributed by atoms with Gasteiger partial charge < -0.3 is 9.79 Å². The van der Waals surface area contributed by atoms with Gasteiger partial charge in [0.2, 0.25) is 0 Å². The first-order chi connectivity index (χ1) is 9.97. The third kappa shape index (κ3) is 2.68. The van der Waals surface area contributed by atoms with Crippen LogP contribution in [0.1, 0.15) is 11.5 Å². The van der Waals surface area contributed by atoms with Crippen LogP contribution in [-0.2, 0) is 17.4 Å². The van der Waals surface area contributed by atoms with Crippen LogP contribution in [0.25, 0.3) is 5.65 Å². The van der Waals surface area contributed by atoms with Gasteiger partial charge in [-0.05, 0) is 29.0 Å². The molecule has 3 aromatic rings. The molecule has 0 spiro atoms. The summed E-state index contributed by atoms with van der Waals surface area (Å²) in [6, 6.07) is 3.24. The van der Waals surface area contributed by atoms with Crippen LogP contribution in [0.3, 0.4) is 0 Å². The molecule has 0 atom stereocenters. The number of hydrogen-bond donors (Lipinski definition) is 3. The molecule has 3 rings (SSSR count). The van der Waals surface area contributed by atoms with Gasteiger partial charge in [0.15, 0.2) is 5.44 Å². The van der Waals surface area contributed by atoms with Gasteiger partial charge in [0.05, 0.1) is 11.2 Å². The molecule has 0 aliphatic rings. The average molecular weight is 329 g/mol. The van der Waals surface area contributed by atoms with Crippen molar-refractivity contribution in [1.82, 2.24) is 30.0 Å². The topological polar surface area (TPSA) is 129 Å². The number of imidazole rings is 1. The van der Waals surface area contributed by atoms with Crippen molar-refractivity contribution in [2.24, 2.45) is 0 Å². The number of rotatable bonds is 4. The molecule has 3 N–H and O–H groups in total. The average Bonchev–Trinajstić information content (AvgIpc) is 3.05. The highest BCUT2D eigenvalue weighted by molar-refractivity contribution is 7.60. The molecular formula is C10H10ClN6O3P. The van der Waals surface area contributed by atoms with Gasteiger partial charge in [-0.1, -0.05) is 11.6 Å². The van der Waals surface area contributed by atoms with E-state index in [-0.39, 0.29) is 5.44 Å². The number of hydrogen-bond acceptors (Lipinski definition) is 5. The van der Waals surface area contributed by atoms with E-state index < -0.39 is 7.60 Å². The van der Waals surface area contributed by atoms with Crippen LogP contribution in [0.4, 0.5) is 0 Å². The van der Waals surface area contributed by atoms with E-state index >= 15 is 0 Å². The van der Waals surface area contributed by atoms with Crippen molar-refractivity contribution in [2.75, 3.05) is 0 Å². The number of tetrazole rings is 1. The Balaban J connectivity index is 2.09. The van der Waals surface area contributed by atoms with E-state index in [9.17, 15) is 14.4 Å². The second kappa shape index (κ2) is 5.19. The van der Waals surface area contributed by atoms with E-state index in [0.717, 1.165) is 6.20 Å². The van der Waals surface area contributed by atoms with E-state index in [2.05, 4.69) is 25.6 Å². The molecule has 0 radical (unpaired) electrons. The van der Waals surface area contributed by atoms with Crippen LogP contribution >= 0.6 is 19.2 Å². The van der Waals surface area contributed by atoms with Crippen LogP contribution < -0.4 is 5.44 Å². The molecule has 11 heteroatoms. The van der Waals surface area contributed by atoms with Crippen molar-refractivity contribution < 1.29 is 14.4 Å². The maximum absolute atomic E-state index is 11.6. The SMILES string of the molecule is O=P(O)(O)c1cnc2ccc(Cl)c(CCc3nnn[nH]3)n12. The number of nitrogens with one attached hydrogen (secondary N) is 1. The third-order valence-electron chi connectivity index (χ3n) is 2.98. The fourth-order valence-corrected chi connectivity index (χ4v) is 2.99. The summed E-state index contributed by atoms with van der Waals surface area (Å²) in [5.74, 6) is 0.556. The molecule has 0 unspecified atom stereocenters. The van der Waals surface area contributed by atoms with Gasteiger partial charge in [0.25, 0.3) is 0 Å². The molecule has 0 fully saturated rings. The minimum atomic E-state index is -4.45. The normalized spacial score (nSPS) is 12.1. The number of aromatic nitrogens is 6. The first-order valence-corrected chi connectivity index (χ1v) is 7.89. The van der Waals surface area contributed by atoms with Crippen LogP contribution in [0.5, 0.6) is 0 Å². The molecule has 21 heavy (non-hydrogen) atoms. The maximum Gasteiger partial charge on any atom is 0.374 e. The Kier molecular flexibility index (Phi) is 3.50. The highest BCUT2D eigenvalue weighted by atomic mass is 35.5. The van der Waals surface area contributed by atoms with Gasteiger partial charge in [-0.15, -0.1) is 5.10 Å². The zero-order valence-electron chi connectivity index (χ0n) is 10.5. The lowest BCUT2D eigenvalue weighted by Gasteiger charge is -2.11. The molecule has 0 aliphatic heterocycles. The van der Waals surface area contributed by atoms with Crippen molar-refractivity contribution in [3.8, 4) is 0 Å². The second-order valence-corrected chi connectivity index (χ2v) is 6.28. The molecule has 9 nitrogen and oxygen atoms in total. The number of H-pyrrole nitrogens is 1. The summed E-state index contributed by atoms with van der Waals surface area (Å²) in [4.78, 5) is 22.8. The predicted octanol–water partition coefficient (Wildman–Crippen LogP) is 0.0890.